The van der Waals surface area contributed by atoms with Crippen LogP contribution in [-0.4, -0.2) is 33.1 Å². The Morgan fingerprint density at radius 1 is 1.04 bits per heavy atom. The lowest BCUT2D eigenvalue weighted by Crippen LogP contribution is -2.43. The molecule has 0 bridgehead atoms. The van der Waals surface area contributed by atoms with Gasteiger partial charge in [0.25, 0.3) is 0 Å². The second-order valence-electron chi connectivity index (χ2n) is 7.36. The number of aromatic nitrogens is 3. The molecule has 0 saturated carbocycles. The SMILES string of the molecule is N#Cc1cc2c(cn1)[nH]c1ncc(-c3ccc(C4(O)CCCNC4)cc3)cc12. The van der Waals surface area contributed by atoms with Crippen molar-refractivity contribution in [2.75, 3.05) is 13.1 Å². The van der Waals surface area contributed by atoms with Crippen LogP contribution in [0.2, 0.25) is 0 Å². The zero-order valence-electron chi connectivity index (χ0n) is 15.2. The van der Waals surface area contributed by atoms with Gasteiger partial charge >= 0.3 is 0 Å². The molecule has 0 spiro atoms. The van der Waals surface area contributed by atoms with Crippen LogP contribution in [0.4, 0.5) is 0 Å². The Bertz CT molecular complexity index is 1210. The Morgan fingerprint density at radius 3 is 2.64 bits per heavy atom. The third-order valence-corrected chi connectivity index (χ3v) is 5.57. The molecule has 138 valence electrons. The van der Waals surface area contributed by atoms with Gasteiger partial charge in [-0.25, -0.2) is 9.97 Å². The van der Waals surface area contributed by atoms with Gasteiger partial charge in [0.15, 0.2) is 0 Å². The highest BCUT2D eigenvalue weighted by Gasteiger charge is 2.30. The van der Waals surface area contributed by atoms with E-state index >= 15 is 0 Å². The molecule has 0 aliphatic carbocycles. The van der Waals surface area contributed by atoms with E-state index in [-0.39, 0.29) is 0 Å². The van der Waals surface area contributed by atoms with E-state index in [0.29, 0.717) is 12.2 Å². The second-order valence-corrected chi connectivity index (χ2v) is 7.36. The maximum absolute atomic E-state index is 10.9. The number of hydrogen-bond acceptors (Lipinski definition) is 5. The number of rotatable bonds is 2. The Balaban J connectivity index is 1.55. The molecule has 28 heavy (non-hydrogen) atoms. The van der Waals surface area contributed by atoms with Gasteiger partial charge in [0.05, 0.1) is 11.7 Å². The normalized spacial score (nSPS) is 19.7. The summed E-state index contributed by atoms with van der Waals surface area (Å²) in [6.45, 7) is 1.55. The molecule has 1 aliphatic rings. The van der Waals surface area contributed by atoms with Crippen molar-refractivity contribution < 1.29 is 5.11 Å². The van der Waals surface area contributed by atoms with Gasteiger partial charge in [0.2, 0.25) is 0 Å². The van der Waals surface area contributed by atoms with Crippen molar-refractivity contribution in [1.29, 1.82) is 5.26 Å². The molecule has 5 rings (SSSR count). The third kappa shape index (κ3) is 2.73. The zero-order valence-corrected chi connectivity index (χ0v) is 15.2. The number of nitriles is 1. The van der Waals surface area contributed by atoms with Crippen molar-refractivity contribution in [3.8, 4) is 17.2 Å². The molecule has 3 N–H and O–H groups in total. The van der Waals surface area contributed by atoms with E-state index in [9.17, 15) is 5.11 Å². The van der Waals surface area contributed by atoms with Crippen LogP contribution < -0.4 is 5.32 Å². The van der Waals surface area contributed by atoms with Crippen LogP contribution in [0, 0.1) is 11.3 Å². The average Bonchev–Trinajstić information content (AvgIpc) is 3.11. The highest BCUT2D eigenvalue weighted by Crippen LogP contribution is 2.32. The van der Waals surface area contributed by atoms with Gasteiger partial charge in [0, 0.05) is 29.1 Å². The lowest BCUT2D eigenvalue weighted by atomic mass is 9.86. The molecule has 1 fully saturated rings. The van der Waals surface area contributed by atoms with Gasteiger partial charge < -0.3 is 15.4 Å². The van der Waals surface area contributed by atoms with E-state index in [1.54, 1.807) is 12.3 Å². The topological polar surface area (TPSA) is 97.6 Å². The summed E-state index contributed by atoms with van der Waals surface area (Å²) in [6.07, 6.45) is 5.25. The molecule has 1 unspecified atom stereocenters. The molecule has 1 aromatic carbocycles. The van der Waals surface area contributed by atoms with E-state index in [4.69, 9.17) is 5.26 Å². The summed E-state index contributed by atoms with van der Waals surface area (Å²) in [6, 6.07) is 14.0. The second kappa shape index (κ2) is 6.41. The molecule has 4 aromatic rings. The standard InChI is InChI=1S/C22H19N5O/c23-10-17-9-18-19-8-15(11-26-21(19)27-20(18)12-25-17)14-2-4-16(5-3-14)22(28)6-1-7-24-13-22/h2-5,8-9,11-12,24,28H,1,6-7,13H2,(H,26,27). The molecule has 4 heterocycles. The first-order valence-corrected chi connectivity index (χ1v) is 9.38. The molecule has 6 nitrogen and oxygen atoms in total. The van der Waals surface area contributed by atoms with E-state index in [2.05, 4.69) is 32.4 Å². The lowest BCUT2D eigenvalue weighted by Gasteiger charge is -2.33. The van der Waals surface area contributed by atoms with Gasteiger partial charge in [-0.05, 0) is 42.6 Å². The summed E-state index contributed by atoms with van der Waals surface area (Å²) in [7, 11) is 0. The zero-order chi connectivity index (χ0) is 19.1. The first-order chi connectivity index (χ1) is 13.7. The minimum Gasteiger partial charge on any atom is -0.384 e. The summed E-state index contributed by atoms with van der Waals surface area (Å²) in [5.74, 6) is 0. The van der Waals surface area contributed by atoms with Crippen LogP contribution in [0.3, 0.4) is 0 Å². The van der Waals surface area contributed by atoms with Gasteiger partial charge in [-0.2, -0.15) is 5.26 Å². The quantitative estimate of drug-likeness (QED) is 0.504. The van der Waals surface area contributed by atoms with Crippen LogP contribution in [0.25, 0.3) is 33.1 Å². The highest BCUT2D eigenvalue weighted by atomic mass is 16.3. The van der Waals surface area contributed by atoms with Crippen molar-refractivity contribution >= 4 is 21.9 Å². The molecule has 1 atom stereocenters. The number of aliphatic hydroxyl groups is 1. The van der Waals surface area contributed by atoms with Crippen molar-refractivity contribution in [1.82, 2.24) is 20.3 Å². The predicted molar refractivity (Wildman–Crippen MR) is 108 cm³/mol. The van der Waals surface area contributed by atoms with E-state index in [1.807, 2.05) is 30.5 Å². The number of nitrogens with one attached hydrogen (secondary N) is 2. The Morgan fingerprint density at radius 2 is 1.89 bits per heavy atom. The molecule has 0 radical (unpaired) electrons. The fraction of sp³-hybridized carbons (Fsp3) is 0.227. The molecule has 0 amide bonds. The molecule has 1 saturated heterocycles. The molecule has 3 aromatic heterocycles. The van der Waals surface area contributed by atoms with Crippen molar-refractivity contribution in [2.24, 2.45) is 0 Å². The van der Waals surface area contributed by atoms with Crippen LogP contribution in [0.1, 0.15) is 24.1 Å². The average molecular weight is 369 g/mol. The lowest BCUT2D eigenvalue weighted by molar-refractivity contribution is 0.0123. The van der Waals surface area contributed by atoms with Crippen LogP contribution in [-0.2, 0) is 5.60 Å². The number of benzene rings is 1. The van der Waals surface area contributed by atoms with Gasteiger partial charge in [-0.1, -0.05) is 24.3 Å². The predicted octanol–water partition coefficient (Wildman–Crippen LogP) is 3.22. The van der Waals surface area contributed by atoms with Gasteiger partial charge in [-0.3, -0.25) is 0 Å². The number of hydrogen-bond donors (Lipinski definition) is 3. The fourth-order valence-electron chi connectivity index (χ4n) is 4.00. The molecular weight excluding hydrogens is 350 g/mol. The van der Waals surface area contributed by atoms with Crippen LogP contribution in [0.5, 0.6) is 0 Å². The fourth-order valence-corrected chi connectivity index (χ4v) is 4.00. The Hall–Kier alpha value is -3.27. The third-order valence-electron chi connectivity index (χ3n) is 5.57. The van der Waals surface area contributed by atoms with E-state index < -0.39 is 5.60 Å². The molecular formula is C22H19N5O. The first kappa shape index (κ1) is 16.9. The summed E-state index contributed by atoms with van der Waals surface area (Å²) >= 11 is 0. The largest absolute Gasteiger partial charge is 0.384 e. The van der Waals surface area contributed by atoms with Crippen molar-refractivity contribution in [2.45, 2.75) is 18.4 Å². The van der Waals surface area contributed by atoms with E-state index in [1.165, 1.54) is 0 Å². The Kier molecular flexibility index (Phi) is 3.86. The number of aromatic amines is 1. The minimum absolute atomic E-state index is 0.387. The molecule has 1 aliphatic heterocycles. The number of H-pyrrole nitrogens is 1. The maximum atomic E-state index is 10.9. The number of nitrogens with zero attached hydrogens (tertiary/aromatic N) is 3. The van der Waals surface area contributed by atoms with Crippen LogP contribution in [0.15, 0.2) is 48.8 Å². The summed E-state index contributed by atoms with van der Waals surface area (Å²) in [4.78, 5) is 11.9. The van der Waals surface area contributed by atoms with Crippen LogP contribution >= 0.6 is 0 Å². The van der Waals surface area contributed by atoms with E-state index in [0.717, 1.165) is 58.0 Å². The summed E-state index contributed by atoms with van der Waals surface area (Å²) in [5, 5.41) is 25.2. The first-order valence-electron chi connectivity index (χ1n) is 9.38. The Labute approximate surface area is 161 Å². The number of piperidine rings is 1. The monoisotopic (exact) mass is 369 g/mol. The highest BCUT2D eigenvalue weighted by molar-refractivity contribution is 6.06. The minimum atomic E-state index is -0.795. The van der Waals surface area contributed by atoms with Crippen molar-refractivity contribution in [3.63, 3.8) is 0 Å². The summed E-state index contributed by atoms with van der Waals surface area (Å²) in [5.41, 5.74) is 4.19. The molecule has 6 heteroatoms. The van der Waals surface area contributed by atoms with Gasteiger partial charge in [0.1, 0.15) is 23.0 Å². The number of fused-ring (bicyclic) bond motifs is 3. The smallest absolute Gasteiger partial charge is 0.141 e. The van der Waals surface area contributed by atoms with Crippen molar-refractivity contribution in [3.05, 3.63) is 60.0 Å². The van der Waals surface area contributed by atoms with Gasteiger partial charge in [-0.15, -0.1) is 0 Å². The number of pyridine rings is 2. The summed E-state index contributed by atoms with van der Waals surface area (Å²) < 4.78 is 0. The maximum Gasteiger partial charge on any atom is 0.141 e. The number of β-amino-alcohol motifs (C(OH)–C–C–N with tert-alkyl or cyclic N) is 1.